The minimum absolute atomic E-state index is 0.0262. The first-order valence-corrected chi connectivity index (χ1v) is 9.12. The van der Waals surface area contributed by atoms with Crippen molar-refractivity contribution in [2.45, 2.75) is 13.8 Å². The number of fused-ring (bicyclic) bond motifs is 1. The Morgan fingerprint density at radius 1 is 1.24 bits per heavy atom. The average Bonchev–Trinajstić information content (AvgIpc) is 3.16. The van der Waals surface area contributed by atoms with E-state index in [2.05, 4.69) is 10.3 Å². The second kappa shape index (κ2) is 7.25. The van der Waals surface area contributed by atoms with Crippen molar-refractivity contribution in [2.24, 2.45) is 0 Å². The summed E-state index contributed by atoms with van der Waals surface area (Å²) in [7, 11) is 0. The summed E-state index contributed by atoms with van der Waals surface area (Å²) in [6.45, 7) is 5.20. The fraction of sp³-hybridized carbons (Fsp3) is 0.235. The summed E-state index contributed by atoms with van der Waals surface area (Å²) < 4.78 is 1.65. The zero-order valence-electron chi connectivity index (χ0n) is 13.8. The van der Waals surface area contributed by atoms with E-state index in [4.69, 9.17) is 11.6 Å². The highest BCUT2D eigenvalue weighted by Gasteiger charge is 2.19. The van der Waals surface area contributed by atoms with Gasteiger partial charge in [0.1, 0.15) is 0 Å². The quantitative estimate of drug-likeness (QED) is 0.736. The molecule has 2 amide bonds. The molecule has 0 bridgehead atoms. The lowest BCUT2D eigenvalue weighted by atomic mass is 10.1. The van der Waals surface area contributed by atoms with Gasteiger partial charge in [0.25, 0.3) is 11.8 Å². The molecule has 0 aliphatic rings. The predicted octanol–water partition coefficient (Wildman–Crippen LogP) is 3.78. The van der Waals surface area contributed by atoms with Crippen LogP contribution in [0, 0.1) is 0 Å². The van der Waals surface area contributed by atoms with Crippen LogP contribution in [0.5, 0.6) is 0 Å². The molecule has 0 aliphatic heterocycles. The van der Waals surface area contributed by atoms with Crippen LogP contribution < -0.4 is 5.32 Å². The molecule has 1 aromatic carbocycles. The maximum atomic E-state index is 12.5. The van der Waals surface area contributed by atoms with Gasteiger partial charge in [-0.15, -0.1) is 11.3 Å². The molecule has 6 nitrogen and oxygen atoms in total. The van der Waals surface area contributed by atoms with Crippen LogP contribution in [0.2, 0.25) is 5.15 Å². The van der Waals surface area contributed by atoms with Gasteiger partial charge in [0.15, 0.2) is 15.8 Å². The molecule has 1 N–H and O–H groups in total. The number of nitrogens with one attached hydrogen (secondary N) is 1. The summed E-state index contributed by atoms with van der Waals surface area (Å²) >= 11 is 7.47. The van der Waals surface area contributed by atoms with Gasteiger partial charge in [-0.1, -0.05) is 11.6 Å². The first kappa shape index (κ1) is 17.4. The van der Waals surface area contributed by atoms with E-state index in [0.29, 0.717) is 35.0 Å². The number of benzene rings is 1. The Morgan fingerprint density at radius 3 is 2.56 bits per heavy atom. The minimum atomic E-state index is -0.348. The Bertz CT molecular complexity index is 913. The van der Waals surface area contributed by atoms with Crippen molar-refractivity contribution >= 4 is 45.4 Å². The molecule has 3 rings (SSSR count). The number of halogens is 1. The van der Waals surface area contributed by atoms with E-state index in [1.807, 2.05) is 19.2 Å². The largest absolute Gasteiger partial charge is 0.339 e. The highest BCUT2D eigenvalue weighted by Crippen LogP contribution is 2.22. The maximum Gasteiger partial charge on any atom is 0.275 e. The van der Waals surface area contributed by atoms with Crippen molar-refractivity contribution in [3.05, 3.63) is 52.3 Å². The molecule has 0 atom stereocenters. The molecule has 25 heavy (non-hydrogen) atoms. The lowest BCUT2D eigenvalue weighted by Crippen LogP contribution is -2.30. The van der Waals surface area contributed by atoms with E-state index in [1.54, 1.807) is 39.8 Å². The molecule has 2 heterocycles. The first-order chi connectivity index (χ1) is 12.0. The number of amides is 2. The van der Waals surface area contributed by atoms with Crippen molar-refractivity contribution < 1.29 is 9.59 Å². The topological polar surface area (TPSA) is 66.7 Å². The van der Waals surface area contributed by atoms with Crippen LogP contribution >= 0.6 is 22.9 Å². The molecule has 0 spiro atoms. The van der Waals surface area contributed by atoms with E-state index in [1.165, 1.54) is 11.3 Å². The Hall–Kier alpha value is -2.38. The highest BCUT2D eigenvalue weighted by atomic mass is 35.5. The van der Waals surface area contributed by atoms with Crippen LogP contribution in [-0.2, 0) is 0 Å². The molecule has 0 saturated heterocycles. The number of rotatable bonds is 5. The van der Waals surface area contributed by atoms with Gasteiger partial charge < -0.3 is 10.2 Å². The van der Waals surface area contributed by atoms with Gasteiger partial charge in [0.2, 0.25) is 0 Å². The number of carbonyl (C=O) groups is 2. The van der Waals surface area contributed by atoms with Crippen LogP contribution in [0.25, 0.3) is 4.96 Å². The van der Waals surface area contributed by atoms with Gasteiger partial charge in [-0.25, -0.2) is 4.98 Å². The summed E-state index contributed by atoms with van der Waals surface area (Å²) in [6, 6.07) is 6.81. The molecule has 0 unspecified atom stereocenters. The van der Waals surface area contributed by atoms with E-state index in [-0.39, 0.29) is 17.0 Å². The molecular formula is C17H17ClN4O2S. The lowest BCUT2D eigenvalue weighted by Gasteiger charge is -2.18. The van der Waals surface area contributed by atoms with Crippen LogP contribution in [0.1, 0.15) is 34.7 Å². The fourth-order valence-corrected chi connectivity index (χ4v) is 3.56. The number of thiazole rings is 1. The number of nitrogens with zero attached hydrogens (tertiary/aromatic N) is 3. The third-order valence-electron chi connectivity index (χ3n) is 3.88. The number of anilines is 1. The Labute approximate surface area is 154 Å². The van der Waals surface area contributed by atoms with Crippen LogP contribution in [0.3, 0.4) is 0 Å². The lowest BCUT2D eigenvalue weighted by molar-refractivity contribution is 0.0773. The first-order valence-electron chi connectivity index (χ1n) is 7.86. The molecule has 8 heteroatoms. The van der Waals surface area contributed by atoms with E-state index >= 15 is 0 Å². The van der Waals surface area contributed by atoms with E-state index in [9.17, 15) is 9.59 Å². The molecular weight excluding hydrogens is 360 g/mol. The van der Waals surface area contributed by atoms with Gasteiger partial charge in [-0.3, -0.25) is 14.0 Å². The van der Waals surface area contributed by atoms with Gasteiger partial charge in [-0.05, 0) is 38.1 Å². The molecule has 0 radical (unpaired) electrons. The third kappa shape index (κ3) is 3.38. The average molecular weight is 377 g/mol. The number of hydrogen-bond donors (Lipinski definition) is 1. The monoisotopic (exact) mass is 376 g/mol. The SMILES string of the molecule is CCN(CC)C(=O)c1ccc(NC(=O)c2c(Cl)nc3sccn23)cc1. The molecule has 0 saturated carbocycles. The van der Waals surface area contributed by atoms with Gasteiger partial charge in [-0.2, -0.15) is 0 Å². The zero-order valence-corrected chi connectivity index (χ0v) is 15.4. The summed E-state index contributed by atoms with van der Waals surface area (Å²) in [5, 5.41) is 4.79. The Balaban J connectivity index is 1.77. The smallest absolute Gasteiger partial charge is 0.275 e. The van der Waals surface area contributed by atoms with Gasteiger partial charge in [0.05, 0.1) is 0 Å². The predicted molar refractivity (Wildman–Crippen MR) is 99.7 cm³/mol. The number of hydrogen-bond acceptors (Lipinski definition) is 4. The molecule has 3 aromatic rings. The standard InChI is InChI=1S/C17H17ClN4O2S/c1-3-21(4-2)16(24)11-5-7-12(8-6-11)19-15(23)13-14(18)20-17-22(13)9-10-25-17/h5-10H,3-4H2,1-2H3,(H,19,23). The van der Waals surface area contributed by atoms with Crippen LogP contribution in [0.15, 0.2) is 35.8 Å². The number of aromatic nitrogens is 2. The normalized spacial score (nSPS) is 10.8. The zero-order chi connectivity index (χ0) is 18.0. The van der Waals surface area contributed by atoms with Crippen molar-refractivity contribution in [1.29, 1.82) is 0 Å². The molecule has 0 aliphatic carbocycles. The number of carbonyl (C=O) groups excluding carboxylic acids is 2. The van der Waals surface area contributed by atoms with E-state index < -0.39 is 0 Å². The second-order valence-corrected chi connectivity index (χ2v) is 6.55. The van der Waals surface area contributed by atoms with Crippen molar-refractivity contribution in [3.63, 3.8) is 0 Å². The number of imidazole rings is 1. The third-order valence-corrected chi connectivity index (χ3v) is 4.90. The van der Waals surface area contributed by atoms with Crippen LogP contribution in [0.4, 0.5) is 5.69 Å². The summed E-state index contributed by atoms with van der Waals surface area (Å²) in [6.07, 6.45) is 1.75. The molecule has 0 fully saturated rings. The summed E-state index contributed by atoms with van der Waals surface area (Å²) in [5.74, 6) is -0.375. The fourth-order valence-electron chi connectivity index (χ4n) is 2.54. The summed E-state index contributed by atoms with van der Waals surface area (Å²) in [4.78, 5) is 31.4. The van der Waals surface area contributed by atoms with Crippen molar-refractivity contribution in [2.75, 3.05) is 18.4 Å². The van der Waals surface area contributed by atoms with Crippen molar-refractivity contribution in [3.8, 4) is 0 Å². The minimum Gasteiger partial charge on any atom is -0.339 e. The Morgan fingerprint density at radius 2 is 1.92 bits per heavy atom. The second-order valence-electron chi connectivity index (χ2n) is 5.32. The molecule has 130 valence electrons. The highest BCUT2D eigenvalue weighted by molar-refractivity contribution is 7.15. The maximum absolute atomic E-state index is 12.5. The molecule has 2 aromatic heterocycles. The van der Waals surface area contributed by atoms with E-state index in [0.717, 1.165) is 0 Å². The van der Waals surface area contributed by atoms with Gasteiger partial charge in [0, 0.05) is 35.9 Å². The Kier molecular flexibility index (Phi) is 5.06. The van der Waals surface area contributed by atoms with Crippen LogP contribution in [-0.4, -0.2) is 39.2 Å². The van der Waals surface area contributed by atoms with Crippen molar-refractivity contribution in [1.82, 2.24) is 14.3 Å². The summed E-state index contributed by atoms with van der Waals surface area (Å²) in [5.41, 5.74) is 1.47. The van der Waals surface area contributed by atoms with Gasteiger partial charge >= 0.3 is 0 Å².